The number of anilines is 1. The second-order valence-electron chi connectivity index (χ2n) is 6.79. The third-order valence-corrected chi connectivity index (χ3v) is 6.30. The third kappa shape index (κ3) is 5.61. The molecule has 3 rings (SSSR count). The van der Waals surface area contributed by atoms with E-state index in [0.29, 0.717) is 9.87 Å². The van der Waals surface area contributed by atoms with Gasteiger partial charge in [0.2, 0.25) is 0 Å². The van der Waals surface area contributed by atoms with E-state index >= 15 is 0 Å². The maximum atomic E-state index is 13.3. The first-order chi connectivity index (χ1) is 16.2. The van der Waals surface area contributed by atoms with Gasteiger partial charge in [-0.1, -0.05) is 42.5 Å². The van der Waals surface area contributed by atoms with Crippen LogP contribution in [-0.4, -0.2) is 43.1 Å². The van der Waals surface area contributed by atoms with E-state index in [9.17, 15) is 28.1 Å². The number of benzene rings is 3. The average molecular weight is 482 g/mol. The van der Waals surface area contributed by atoms with Gasteiger partial charge in [-0.3, -0.25) is 14.9 Å². The van der Waals surface area contributed by atoms with Gasteiger partial charge in [0.1, 0.15) is 12.2 Å². The van der Waals surface area contributed by atoms with Crippen LogP contribution in [0.3, 0.4) is 0 Å². The minimum Gasteiger partial charge on any atom is -0.478 e. The number of sulfonamides is 1. The molecule has 12 heteroatoms. The number of amides is 1. The number of hydrazone groups is 1. The highest BCUT2D eigenvalue weighted by molar-refractivity contribution is 7.92. The summed E-state index contributed by atoms with van der Waals surface area (Å²) >= 11 is 0. The Morgan fingerprint density at radius 1 is 1.00 bits per heavy atom. The molecule has 11 nitrogen and oxygen atoms in total. The molecule has 0 unspecified atom stereocenters. The molecule has 0 bridgehead atoms. The summed E-state index contributed by atoms with van der Waals surface area (Å²) in [6, 6.07) is 18.1. The van der Waals surface area contributed by atoms with Crippen LogP contribution in [0.25, 0.3) is 0 Å². The average Bonchev–Trinajstić information content (AvgIpc) is 2.83. The number of hydrogen-bond donors (Lipinski definition) is 2. The summed E-state index contributed by atoms with van der Waals surface area (Å²) in [6.45, 7) is -0.780. The lowest BCUT2D eigenvalue weighted by Gasteiger charge is -2.23. The third-order valence-electron chi connectivity index (χ3n) is 4.53. The van der Waals surface area contributed by atoms with Crippen LogP contribution >= 0.6 is 0 Å². The predicted molar refractivity (Wildman–Crippen MR) is 123 cm³/mol. The number of nitrogens with one attached hydrogen (secondary N) is 1. The van der Waals surface area contributed by atoms with Gasteiger partial charge >= 0.3 is 5.97 Å². The maximum absolute atomic E-state index is 13.3. The number of carbonyl (C=O) groups excluding carboxylic acids is 1. The van der Waals surface area contributed by atoms with Crippen molar-refractivity contribution in [2.75, 3.05) is 10.8 Å². The Labute approximate surface area is 194 Å². The highest BCUT2D eigenvalue weighted by Crippen LogP contribution is 2.31. The molecule has 0 aliphatic heterocycles. The van der Waals surface area contributed by atoms with E-state index < -0.39 is 39.1 Å². The predicted octanol–water partition coefficient (Wildman–Crippen LogP) is 2.64. The highest BCUT2D eigenvalue weighted by Gasteiger charge is 2.31. The van der Waals surface area contributed by atoms with E-state index in [2.05, 4.69) is 10.5 Å². The molecule has 0 heterocycles. The van der Waals surface area contributed by atoms with Crippen molar-refractivity contribution in [2.45, 2.75) is 4.90 Å². The fraction of sp³-hybridized carbons (Fsp3) is 0.0455. The minimum atomic E-state index is -4.33. The number of aromatic carboxylic acids is 1. The molecule has 0 spiro atoms. The van der Waals surface area contributed by atoms with Gasteiger partial charge in [0.05, 0.1) is 21.6 Å². The van der Waals surface area contributed by atoms with Crippen LogP contribution < -0.4 is 9.73 Å². The summed E-state index contributed by atoms with van der Waals surface area (Å²) in [5.74, 6) is -1.94. The van der Waals surface area contributed by atoms with Gasteiger partial charge in [-0.25, -0.2) is 22.9 Å². The largest absolute Gasteiger partial charge is 0.478 e. The van der Waals surface area contributed by atoms with Crippen molar-refractivity contribution < 1.29 is 28.0 Å². The SMILES string of the molecule is O=C(CN(c1ccccc1[N+](=O)[O-])S(=O)(=O)c1ccccc1)NN=Cc1ccc(C(=O)O)cc1. The lowest BCUT2D eigenvalue weighted by Crippen LogP contribution is -2.39. The first-order valence-corrected chi connectivity index (χ1v) is 11.1. The Bertz CT molecular complexity index is 1340. The monoisotopic (exact) mass is 482 g/mol. The number of rotatable bonds is 9. The molecule has 34 heavy (non-hydrogen) atoms. The van der Waals surface area contributed by atoms with Gasteiger partial charge in [-0.2, -0.15) is 5.10 Å². The first kappa shape index (κ1) is 24.1. The zero-order chi connectivity index (χ0) is 24.7. The molecular weight excluding hydrogens is 464 g/mol. The fourth-order valence-corrected chi connectivity index (χ4v) is 4.36. The van der Waals surface area contributed by atoms with Crippen LogP contribution in [0.4, 0.5) is 11.4 Å². The Hall–Kier alpha value is -4.58. The zero-order valence-corrected chi connectivity index (χ0v) is 18.3. The smallest absolute Gasteiger partial charge is 0.335 e. The Kier molecular flexibility index (Phi) is 7.33. The fourth-order valence-electron chi connectivity index (χ4n) is 2.91. The van der Waals surface area contributed by atoms with Crippen LogP contribution in [-0.2, 0) is 14.8 Å². The highest BCUT2D eigenvalue weighted by atomic mass is 32.2. The second-order valence-corrected chi connectivity index (χ2v) is 8.65. The number of carbonyl (C=O) groups is 2. The lowest BCUT2D eigenvalue weighted by atomic mass is 10.1. The Balaban J connectivity index is 1.86. The maximum Gasteiger partial charge on any atom is 0.335 e. The van der Waals surface area contributed by atoms with E-state index in [4.69, 9.17) is 5.11 Å². The molecule has 0 fully saturated rings. The van der Waals surface area contributed by atoms with E-state index in [1.165, 1.54) is 72.9 Å². The molecule has 3 aromatic rings. The summed E-state index contributed by atoms with van der Waals surface area (Å²) in [4.78, 5) is 34.0. The Morgan fingerprint density at radius 3 is 2.24 bits per heavy atom. The number of nitro benzene ring substituents is 1. The number of hydrogen-bond acceptors (Lipinski definition) is 7. The minimum absolute atomic E-state index is 0.0763. The van der Waals surface area contributed by atoms with E-state index in [0.717, 1.165) is 6.07 Å². The van der Waals surface area contributed by atoms with Crippen molar-refractivity contribution in [3.63, 3.8) is 0 Å². The van der Waals surface area contributed by atoms with E-state index in [-0.39, 0.29) is 16.1 Å². The van der Waals surface area contributed by atoms with E-state index in [1.807, 2.05) is 0 Å². The first-order valence-electron chi connectivity index (χ1n) is 9.66. The number of carboxylic acids is 1. The lowest BCUT2D eigenvalue weighted by molar-refractivity contribution is -0.384. The number of nitrogens with zero attached hydrogens (tertiary/aromatic N) is 3. The molecule has 0 aliphatic rings. The molecule has 2 N–H and O–H groups in total. The van der Waals surface area contributed by atoms with Gasteiger partial charge in [0.15, 0.2) is 0 Å². The van der Waals surface area contributed by atoms with Crippen molar-refractivity contribution in [3.05, 3.63) is 100 Å². The van der Waals surface area contributed by atoms with Crippen LogP contribution in [0, 0.1) is 10.1 Å². The van der Waals surface area contributed by atoms with Crippen LogP contribution in [0.1, 0.15) is 15.9 Å². The molecule has 0 aliphatic carbocycles. The van der Waals surface area contributed by atoms with Crippen LogP contribution in [0.5, 0.6) is 0 Å². The molecular formula is C22H18N4O7S. The molecule has 0 saturated carbocycles. The van der Waals surface area contributed by atoms with E-state index in [1.54, 1.807) is 6.07 Å². The molecule has 1 amide bonds. The van der Waals surface area contributed by atoms with Crippen molar-refractivity contribution in [2.24, 2.45) is 5.10 Å². The summed E-state index contributed by atoms with van der Waals surface area (Å²) in [5.41, 5.74) is 1.97. The van der Waals surface area contributed by atoms with Crippen molar-refractivity contribution in [1.82, 2.24) is 5.43 Å². The van der Waals surface area contributed by atoms with Gasteiger partial charge in [-0.15, -0.1) is 0 Å². The number of nitro groups is 1. The van der Waals surface area contributed by atoms with Crippen LogP contribution in [0.15, 0.2) is 88.9 Å². The zero-order valence-electron chi connectivity index (χ0n) is 17.4. The summed E-state index contributed by atoms with van der Waals surface area (Å²) < 4.78 is 27.2. The van der Waals surface area contributed by atoms with Gasteiger partial charge in [0, 0.05) is 6.07 Å². The quantitative estimate of drug-likeness (QED) is 0.269. The van der Waals surface area contributed by atoms with Gasteiger partial charge < -0.3 is 5.11 Å². The summed E-state index contributed by atoms with van der Waals surface area (Å²) in [7, 11) is -4.33. The van der Waals surface area contributed by atoms with Crippen molar-refractivity contribution in [1.29, 1.82) is 0 Å². The topological polar surface area (TPSA) is 159 Å². The molecule has 3 aromatic carbocycles. The van der Waals surface area contributed by atoms with Crippen molar-refractivity contribution in [3.8, 4) is 0 Å². The van der Waals surface area contributed by atoms with Gasteiger partial charge in [0.25, 0.3) is 21.6 Å². The van der Waals surface area contributed by atoms with Gasteiger partial charge in [-0.05, 0) is 35.9 Å². The number of carboxylic acid groups (broad SMARTS) is 1. The normalized spacial score (nSPS) is 11.2. The number of para-hydroxylation sites is 2. The molecule has 0 radical (unpaired) electrons. The molecule has 0 aromatic heterocycles. The Morgan fingerprint density at radius 2 is 1.62 bits per heavy atom. The standard InChI is InChI=1S/C22H18N4O7S/c27-21(24-23-14-16-10-12-17(13-11-16)22(28)29)15-25(19-8-4-5-9-20(19)26(30)31)34(32,33)18-6-2-1-3-7-18/h1-14H,15H2,(H,24,27)(H,28,29). The summed E-state index contributed by atoms with van der Waals surface area (Å²) in [6.07, 6.45) is 1.24. The second kappa shape index (κ2) is 10.4. The van der Waals surface area contributed by atoms with Crippen molar-refractivity contribution >= 4 is 39.5 Å². The summed E-state index contributed by atoms with van der Waals surface area (Å²) in [5, 5.41) is 24.2. The molecule has 0 saturated heterocycles. The molecule has 0 atom stereocenters. The van der Waals surface area contributed by atoms with Crippen LogP contribution in [0.2, 0.25) is 0 Å². The molecule has 174 valence electrons.